The zero-order valence-electron chi connectivity index (χ0n) is 9.48. The van der Waals surface area contributed by atoms with E-state index in [0.717, 1.165) is 9.47 Å². The normalized spacial score (nSPS) is 20.4. The average molecular weight is 264 g/mol. The zero-order chi connectivity index (χ0) is 13.5. The summed E-state index contributed by atoms with van der Waals surface area (Å²) in [6.45, 7) is 1.74. The van der Waals surface area contributed by atoms with E-state index in [0.29, 0.717) is 6.42 Å². The maximum Gasteiger partial charge on any atom is 0.451 e. The van der Waals surface area contributed by atoms with Crippen molar-refractivity contribution in [2.24, 2.45) is 0 Å². The van der Waals surface area contributed by atoms with Crippen LogP contribution in [0.15, 0.2) is 0 Å². The fourth-order valence-corrected chi connectivity index (χ4v) is 2.05. The molecule has 1 aliphatic rings. The van der Waals surface area contributed by atoms with Crippen LogP contribution < -0.4 is 0 Å². The lowest BCUT2D eigenvalue weighted by molar-refractivity contribution is -0.147. The molecule has 0 saturated carbocycles. The van der Waals surface area contributed by atoms with Crippen molar-refractivity contribution in [3.05, 3.63) is 11.6 Å². The Balaban J connectivity index is 2.44. The van der Waals surface area contributed by atoms with Crippen LogP contribution in [-0.4, -0.2) is 37.4 Å². The highest BCUT2D eigenvalue weighted by molar-refractivity contribution is 5.65. The van der Waals surface area contributed by atoms with E-state index in [9.17, 15) is 18.0 Å². The number of alkyl halides is 3. The summed E-state index contributed by atoms with van der Waals surface area (Å²) in [6.07, 6.45) is -5.46. The molecule has 0 aliphatic carbocycles. The summed E-state index contributed by atoms with van der Waals surface area (Å²) in [7, 11) is 0. The molecule has 0 spiro atoms. The highest BCUT2D eigenvalue weighted by Crippen LogP contribution is 2.32. The van der Waals surface area contributed by atoms with Gasteiger partial charge in [0, 0.05) is 13.1 Å². The topological polar surface area (TPSA) is 71.2 Å². The summed E-state index contributed by atoms with van der Waals surface area (Å²) >= 11 is 0. The van der Waals surface area contributed by atoms with Gasteiger partial charge in [-0.15, -0.1) is 10.2 Å². The van der Waals surface area contributed by atoms with Gasteiger partial charge in [-0.2, -0.15) is 13.2 Å². The molecule has 1 atom stereocenters. The standard InChI is InChI=1S/C9H11F3N4O2/c1-5-6-13-14-7(9(10,11)12)16(6)4-2-3-15(5)8(17)18/h5H,2-4H2,1H3,(H,17,18). The maximum absolute atomic E-state index is 12.7. The van der Waals surface area contributed by atoms with E-state index in [-0.39, 0.29) is 18.9 Å². The maximum atomic E-state index is 12.7. The molecule has 0 aromatic carbocycles. The predicted molar refractivity (Wildman–Crippen MR) is 52.8 cm³/mol. The van der Waals surface area contributed by atoms with E-state index in [1.54, 1.807) is 0 Å². The lowest BCUT2D eigenvalue weighted by Gasteiger charge is -2.22. The number of rotatable bonds is 0. The summed E-state index contributed by atoms with van der Waals surface area (Å²) in [6, 6.07) is -0.742. The van der Waals surface area contributed by atoms with E-state index >= 15 is 0 Å². The van der Waals surface area contributed by atoms with Gasteiger partial charge in [0.05, 0.1) is 6.04 Å². The quantitative estimate of drug-likeness (QED) is 0.774. The minimum absolute atomic E-state index is 0.0298. The molecule has 2 heterocycles. The van der Waals surface area contributed by atoms with Gasteiger partial charge >= 0.3 is 12.3 Å². The van der Waals surface area contributed by atoms with Crippen molar-refractivity contribution in [1.82, 2.24) is 19.7 Å². The van der Waals surface area contributed by atoms with Gasteiger partial charge in [0.1, 0.15) is 0 Å². The van der Waals surface area contributed by atoms with Crippen LogP contribution in [0.1, 0.15) is 31.0 Å². The molecule has 9 heteroatoms. The summed E-state index contributed by atoms with van der Waals surface area (Å²) in [5.74, 6) is -1.04. The van der Waals surface area contributed by atoms with E-state index < -0.39 is 24.1 Å². The van der Waals surface area contributed by atoms with Crippen LogP contribution in [-0.2, 0) is 12.7 Å². The molecule has 18 heavy (non-hydrogen) atoms. The highest BCUT2D eigenvalue weighted by Gasteiger charge is 2.40. The van der Waals surface area contributed by atoms with Crippen LogP contribution >= 0.6 is 0 Å². The Hall–Kier alpha value is -1.80. The highest BCUT2D eigenvalue weighted by atomic mass is 19.4. The Morgan fingerprint density at radius 1 is 1.39 bits per heavy atom. The number of halogens is 3. The molecule has 1 unspecified atom stereocenters. The van der Waals surface area contributed by atoms with Crippen molar-refractivity contribution in [2.45, 2.75) is 32.1 Å². The summed E-state index contributed by atoms with van der Waals surface area (Å²) in [4.78, 5) is 12.0. The third-order valence-electron chi connectivity index (χ3n) is 2.90. The smallest absolute Gasteiger partial charge is 0.451 e. The molecule has 1 aliphatic heterocycles. The molecule has 1 aromatic heterocycles. The molecule has 2 rings (SSSR count). The second-order valence-electron chi connectivity index (χ2n) is 4.04. The SMILES string of the molecule is CC1c2nnc(C(F)(F)F)n2CCCN1C(=O)O. The number of nitrogens with zero attached hydrogens (tertiary/aromatic N) is 4. The van der Waals surface area contributed by atoms with Crippen LogP contribution in [0.25, 0.3) is 0 Å². The van der Waals surface area contributed by atoms with Gasteiger partial charge in [-0.3, -0.25) is 4.90 Å². The van der Waals surface area contributed by atoms with Gasteiger partial charge < -0.3 is 9.67 Å². The first-order valence-electron chi connectivity index (χ1n) is 5.32. The number of aromatic nitrogens is 3. The average Bonchev–Trinajstić information content (AvgIpc) is 2.60. The van der Waals surface area contributed by atoms with Gasteiger partial charge in [0.2, 0.25) is 5.82 Å². The van der Waals surface area contributed by atoms with Gasteiger partial charge in [-0.25, -0.2) is 4.79 Å². The van der Waals surface area contributed by atoms with E-state index in [1.165, 1.54) is 6.92 Å². The van der Waals surface area contributed by atoms with Crippen LogP contribution in [0, 0.1) is 0 Å². The Bertz CT molecular complexity index is 471. The molecule has 100 valence electrons. The van der Waals surface area contributed by atoms with Crippen LogP contribution in [0.5, 0.6) is 0 Å². The van der Waals surface area contributed by atoms with Crippen molar-refractivity contribution >= 4 is 6.09 Å². The second kappa shape index (κ2) is 4.14. The van der Waals surface area contributed by atoms with Crippen molar-refractivity contribution in [3.63, 3.8) is 0 Å². The minimum Gasteiger partial charge on any atom is -0.465 e. The monoisotopic (exact) mass is 264 g/mol. The minimum atomic E-state index is -4.58. The largest absolute Gasteiger partial charge is 0.465 e. The Labute approximate surface area is 100 Å². The number of carbonyl (C=O) groups is 1. The molecule has 1 amide bonds. The van der Waals surface area contributed by atoms with Gasteiger partial charge in [0.15, 0.2) is 5.82 Å². The summed E-state index contributed by atoms with van der Waals surface area (Å²) in [5.41, 5.74) is 0. The first-order valence-corrected chi connectivity index (χ1v) is 5.32. The van der Waals surface area contributed by atoms with Crippen molar-refractivity contribution in [2.75, 3.05) is 6.54 Å². The lowest BCUT2D eigenvalue weighted by atomic mass is 10.3. The zero-order valence-corrected chi connectivity index (χ0v) is 9.48. The molecule has 0 bridgehead atoms. The lowest BCUT2D eigenvalue weighted by Crippen LogP contribution is -2.32. The number of hydrogen-bond donors (Lipinski definition) is 1. The Kier molecular flexibility index (Phi) is 2.91. The number of amides is 1. The van der Waals surface area contributed by atoms with E-state index in [1.807, 2.05) is 0 Å². The fraction of sp³-hybridized carbons (Fsp3) is 0.667. The predicted octanol–water partition coefficient (Wildman–Crippen LogP) is 1.74. The Morgan fingerprint density at radius 3 is 2.61 bits per heavy atom. The van der Waals surface area contributed by atoms with Crippen LogP contribution in [0.2, 0.25) is 0 Å². The molecule has 0 saturated heterocycles. The summed E-state index contributed by atoms with van der Waals surface area (Å²) < 4.78 is 39.0. The first kappa shape index (κ1) is 12.7. The molecule has 0 radical (unpaired) electrons. The number of hydrogen-bond acceptors (Lipinski definition) is 3. The van der Waals surface area contributed by atoms with E-state index in [2.05, 4.69) is 10.2 Å². The summed E-state index contributed by atoms with van der Waals surface area (Å²) in [5, 5.41) is 15.6. The van der Waals surface area contributed by atoms with Crippen LogP contribution in [0.3, 0.4) is 0 Å². The molecule has 6 nitrogen and oxygen atoms in total. The third kappa shape index (κ3) is 2.00. The molecular weight excluding hydrogens is 253 g/mol. The van der Waals surface area contributed by atoms with Crippen molar-refractivity contribution < 1.29 is 23.1 Å². The second-order valence-corrected chi connectivity index (χ2v) is 4.04. The number of carboxylic acid groups (broad SMARTS) is 1. The number of fused-ring (bicyclic) bond motifs is 1. The Morgan fingerprint density at radius 2 is 2.06 bits per heavy atom. The fourth-order valence-electron chi connectivity index (χ4n) is 2.05. The first-order chi connectivity index (χ1) is 8.32. The molecule has 1 N–H and O–H groups in total. The van der Waals surface area contributed by atoms with Crippen molar-refractivity contribution in [3.8, 4) is 0 Å². The molecule has 0 fully saturated rings. The van der Waals surface area contributed by atoms with Gasteiger partial charge in [-0.05, 0) is 13.3 Å². The van der Waals surface area contributed by atoms with Crippen LogP contribution in [0.4, 0.5) is 18.0 Å². The van der Waals surface area contributed by atoms with Gasteiger partial charge in [0.25, 0.3) is 0 Å². The third-order valence-corrected chi connectivity index (χ3v) is 2.90. The van der Waals surface area contributed by atoms with E-state index in [4.69, 9.17) is 5.11 Å². The molecular formula is C9H11F3N4O2. The van der Waals surface area contributed by atoms with Gasteiger partial charge in [-0.1, -0.05) is 0 Å². The molecule has 1 aromatic rings. The van der Waals surface area contributed by atoms with Crippen molar-refractivity contribution in [1.29, 1.82) is 0 Å².